The fraction of sp³-hybridized carbons (Fsp3) is 0.318. The molecule has 0 spiro atoms. The van der Waals surface area contributed by atoms with Crippen molar-refractivity contribution < 1.29 is 4.79 Å². The van der Waals surface area contributed by atoms with Crippen molar-refractivity contribution in [1.82, 2.24) is 20.1 Å². The van der Waals surface area contributed by atoms with Gasteiger partial charge < -0.3 is 5.32 Å². The SMILES string of the molecule is C[C@@H]1CCCC[C@@H]1NC(=O)c1cn(-c2ccccc2)nc1-c1cccnc1. The second-order valence-corrected chi connectivity index (χ2v) is 7.25. The van der Waals surface area contributed by atoms with E-state index in [9.17, 15) is 4.79 Å². The number of rotatable bonds is 4. The highest BCUT2D eigenvalue weighted by molar-refractivity contribution is 6.00. The summed E-state index contributed by atoms with van der Waals surface area (Å²) >= 11 is 0. The molecule has 2 aromatic heterocycles. The Balaban J connectivity index is 1.69. The second-order valence-electron chi connectivity index (χ2n) is 7.25. The van der Waals surface area contributed by atoms with Crippen LogP contribution in [0, 0.1) is 5.92 Å². The second kappa shape index (κ2) is 7.74. The quantitative estimate of drug-likeness (QED) is 0.757. The topological polar surface area (TPSA) is 59.8 Å². The lowest BCUT2D eigenvalue weighted by atomic mass is 9.86. The van der Waals surface area contributed by atoms with Gasteiger partial charge >= 0.3 is 0 Å². The number of hydrogen-bond donors (Lipinski definition) is 1. The standard InChI is InChI=1S/C22H24N4O/c1-16-8-5-6-12-20(16)24-22(27)19-15-26(18-10-3-2-4-11-18)25-21(19)17-9-7-13-23-14-17/h2-4,7,9-11,13-16,20H,5-6,8,12H2,1H3,(H,24,27)/t16-,20+/m1/s1. The highest BCUT2D eigenvalue weighted by Crippen LogP contribution is 2.26. The fourth-order valence-electron chi connectivity index (χ4n) is 3.75. The van der Waals surface area contributed by atoms with Gasteiger partial charge in [-0.3, -0.25) is 9.78 Å². The number of nitrogens with zero attached hydrogens (tertiary/aromatic N) is 3. The molecular weight excluding hydrogens is 336 g/mol. The number of nitrogens with one attached hydrogen (secondary N) is 1. The molecule has 5 nitrogen and oxygen atoms in total. The molecule has 3 aromatic rings. The molecule has 0 aliphatic heterocycles. The zero-order valence-corrected chi connectivity index (χ0v) is 15.5. The Bertz CT molecular complexity index is 905. The Kier molecular flexibility index (Phi) is 5.01. The molecule has 1 fully saturated rings. The van der Waals surface area contributed by atoms with E-state index in [4.69, 9.17) is 5.10 Å². The molecule has 0 unspecified atom stereocenters. The Labute approximate surface area is 159 Å². The van der Waals surface area contributed by atoms with Crippen molar-refractivity contribution in [3.8, 4) is 16.9 Å². The van der Waals surface area contributed by atoms with Gasteiger partial charge in [0.15, 0.2) is 0 Å². The van der Waals surface area contributed by atoms with Crippen molar-refractivity contribution in [1.29, 1.82) is 0 Å². The number of carbonyl (C=O) groups is 1. The van der Waals surface area contributed by atoms with Crippen molar-refractivity contribution in [2.75, 3.05) is 0 Å². The van der Waals surface area contributed by atoms with Crippen LogP contribution in [0.4, 0.5) is 0 Å². The van der Waals surface area contributed by atoms with Gasteiger partial charge in [0.2, 0.25) is 0 Å². The molecule has 5 heteroatoms. The predicted molar refractivity (Wildman–Crippen MR) is 106 cm³/mol. The molecule has 1 N–H and O–H groups in total. The summed E-state index contributed by atoms with van der Waals surface area (Å²) in [6.07, 6.45) is 9.93. The van der Waals surface area contributed by atoms with Crippen LogP contribution < -0.4 is 5.32 Å². The van der Waals surface area contributed by atoms with E-state index in [1.165, 1.54) is 19.3 Å². The van der Waals surface area contributed by atoms with Crippen LogP contribution in [0.5, 0.6) is 0 Å². The highest BCUT2D eigenvalue weighted by Gasteiger charge is 2.26. The summed E-state index contributed by atoms with van der Waals surface area (Å²) in [7, 11) is 0. The van der Waals surface area contributed by atoms with E-state index < -0.39 is 0 Å². The summed E-state index contributed by atoms with van der Waals surface area (Å²) in [5.41, 5.74) is 3.01. The van der Waals surface area contributed by atoms with Crippen molar-refractivity contribution in [3.05, 3.63) is 66.6 Å². The monoisotopic (exact) mass is 360 g/mol. The molecule has 1 aromatic carbocycles. The van der Waals surface area contributed by atoms with Crippen LogP contribution in [0.2, 0.25) is 0 Å². The van der Waals surface area contributed by atoms with E-state index in [-0.39, 0.29) is 11.9 Å². The van der Waals surface area contributed by atoms with Gasteiger partial charge in [0, 0.05) is 30.2 Å². The van der Waals surface area contributed by atoms with Crippen LogP contribution >= 0.6 is 0 Å². The van der Waals surface area contributed by atoms with Gasteiger partial charge in [0.1, 0.15) is 5.69 Å². The lowest BCUT2D eigenvalue weighted by Crippen LogP contribution is -2.41. The van der Waals surface area contributed by atoms with Crippen LogP contribution in [0.15, 0.2) is 61.1 Å². The van der Waals surface area contributed by atoms with Gasteiger partial charge in [0.25, 0.3) is 5.91 Å². The van der Waals surface area contributed by atoms with Gasteiger partial charge in [0.05, 0.1) is 11.3 Å². The van der Waals surface area contributed by atoms with E-state index in [2.05, 4.69) is 17.2 Å². The van der Waals surface area contributed by atoms with Crippen LogP contribution in [0.25, 0.3) is 16.9 Å². The first-order valence-electron chi connectivity index (χ1n) is 9.59. The Hall–Kier alpha value is -2.95. The third-order valence-corrected chi connectivity index (χ3v) is 5.34. The van der Waals surface area contributed by atoms with Gasteiger partial charge in [-0.2, -0.15) is 5.10 Å². The molecule has 2 heterocycles. The van der Waals surface area contributed by atoms with E-state index in [0.717, 1.165) is 17.7 Å². The minimum absolute atomic E-state index is 0.0604. The van der Waals surface area contributed by atoms with Crippen molar-refractivity contribution in [3.63, 3.8) is 0 Å². The Morgan fingerprint density at radius 2 is 1.93 bits per heavy atom. The molecule has 0 saturated heterocycles. The van der Waals surface area contributed by atoms with Crippen LogP contribution in [-0.2, 0) is 0 Å². The molecule has 1 amide bonds. The normalized spacial score (nSPS) is 19.6. The average molecular weight is 360 g/mol. The number of para-hydroxylation sites is 1. The summed E-state index contributed by atoms with van der Waals surface area (Å²) < 4.78 is 1.77. The van der Waals surface area contributed by atoms with E-state index in [1.807, 2.05) is 48.7 Å². The van der Waals surface area contributed by atoms with E-state index >= 15 is 0 Å². The maximum Gasteiger partial charge on any atom is 0.255 e. The van der Waals surface area contributed by atoms with Gasteiger partial charge in [-0.15, -0.1) is 0 Å². The van der Waals surface area contributed by atoms with E-state index in [1.54, 1.807) is 17.1 Å². The first kappa shape index (κ1) is 17.5. The summed E-state index contributed by atoms with van der Waals surface area (Å²) in [6.45, 7) is 2.22. The molecule has 4 rings (SSSR count). The first-order chi connectivity index (χ1) is 13.2. The molecule has 0 bridgehead atoms. The molecular formula is C22H24N4O. The van der Waals surface area contributed by atoms with Crippen molar-refractivity contribution in [2.45, 2.75) is 38.6 Å². The summed E-state index contributed by atoms with van der Waals surface area (Å²) in [5.74, 6) is 0.448. The van der Waals surface area contributed by atoms with Crippen molar-refractivity contribution in [2.24, 2.45) is 5.92 Å². The molecule has 27 heavy (non-hydrogen) atoms. The van der Waals surface area contributed by atoms with Gasteiger partial charge in [-0.1, -0.05) is 38.0 Å². The summed E-state index contributed by atoms with van der Waals surface area (Å²) in [6, 6.07) is 13.9. The minimum Gasteiger partial charge on any atom is -0.349 e. The largest absolute Gasteiger partial charge is 0.349 e. The van der Waals surface area contributed by atoms with Crippen molar-refractivity contribution >= 4 is 5.91 Å². The maximum absolute atomic E-state index is 13.1. The number of pyridine rings is 1. The predicted octanol–water partition coefficient (Wildman–Crippen LogP) is 4.24. The minimum atomic E-state index is -0.0604. The van der Waals surface area contributed by atoms with Gasteiger partial charge in [-0.25, -0.2) is 4.68 Å². The van der Waals surface area contributed by atoms with E-state index in [0.29, 0.717) is 17.2 Å². The number of hydrogen-bond acceptors (Lipinski definition) is 3. The molecule has 1 aliphatic rings. The fourth-order valence-corrected chi connectivity index (χ4v) is 3.75. The molecule has 1 saturated carbocycles. The van der Waals surface area contributed by atoms with Crippen LogP contribution in [0.1, 0.15) is 43.0 Å². The average Bonchev–Trinajstić information content (AvgIpc) is 3.17. The molecule has 0 radical (unpaired) electrons. The Morgan fingerprint density at radius 3 is 2.67 bits per heavy atom. The maximum atomic E-state index is 13.1. The lowest BCUT2D eigenvalue weighted by molar-refractivity contribution is 0.0911. The molecule has 138 valence electrons. The first-order valence-corrected chi connectivity index (χ1v) is 9.59. The zero-order valence-electron chi connectivity index (χ0n) is 15.5. The van der Waals surface area contributed by atoms with Crippen LogP contribution in [0.3, 0.4) is 0 Å². The highest BCUT2D eigenvalue weighted by atomic mass is 16.1. The number of aromatic nitrogens is 3. The summed E-state index contributed by atoms with van der Waals surface area (Å²) in [5, 5.41) is 7.95. The smallest absolute Gasteiger partial charge is 0.255 e. The molecule has 1 aliphatic carbocycles. The zero-order chi connectivity index (χ0) is 18.6. The molecule has 2 atom stereocenters. The summed E-state index contributed by atoms with van der Waals surface area (Å²) in [4.78, 5) is 17.3. The van der Waals surface area contributed by atoms with Crippen LogP contribution in [-0.4, -0.2) is 26.7 Å². The lowest BCUT2D eigenvalue weighted by Gasteiger charge is -2.29. The van der Waals surface area contributed by atoms with Gasteiger partial charge in [-0.05, 0) is 43.0 Å². The Morgan fingerprint density at radius 1 is 1.11 bits per heavy atom. The number of carbonyl (C=O) groups excluding carboxylic acids is 1. The third kappa shape index (κ3) is 3.77. The third-order valence-electron chi connectivity index (χ3n) is 5.34. The number of benzene rings is 1. The number of amides is 1.